The van der Waals surface area contributed by atoms with Crippen LogP contribution in [0.1, 0.15) is 6.92 Å². The third kappa shape index (κ3) is 4.31. The minimum absolute atomic E-state index is 0.282. The molecule has 0 aliphatic rings. The normalized spacial score (nSPS) is 15.7. The van der Waals surface area contributed by atoms with Crippen LogP contribution >= 0.6 is 0 Å². The number of nitrogens with one attached hydrogen (secondary N) is 1. The van der Waals surface area contributed by atoms with Gasteiger partial charge in [0.05, 0.1) is 11.8 Å². The van der Waals surface area contributed by atoms with E-state index in [0.717, 1.165) is 0 Å². The molecule has 0 spiro atoms. The molecule has 0 aromatic heterocycles. The van der Waals surface area contributed by atoms with Crippen LogP contribution in [0, 0.1) is 0 Å². The Kier molecular flexibility index (Phi) is 4.94. The van der Waals surface area contributed by atoms with Gasteiger partial charge in [-0.3, -0.25) is 0 Å². The molecule has 0 aromatic carbocycles. The first-order valence-electron chi connectivity index (χ1n) is 3.98. The molecule has 3 N–H and O–H groups in total. The number of halogens is 4. The molecule has 9 heteroatoms. The van der Waals surface area contributed by atoms with E-state index in [0.29, 0.717) is 0 Å². The van der Waals surface area contributed by atoms with Gasteiger partial charge in [-0.05, 0) is 6.92 Å². The maximum absolute atomic E-state index is 12.3. The van der Waals surface area contributed by atoms with Crippen molar-refractivity contribution in [2.24, 2.45) is 5.73 Å². The summed E-state index contributed by atoms with van der Waals surface area (Å²) in [6.07, 6.45) is -3.91. The number of alkyl halides is 4. The Bertz CT molecular complexity index is 294. The second-order valence-electron chi connectivity index (χ2n) is 2.97. The zero-order valence-corrected chi connectivity index (χ0v) is 8.70. The van der Waals surface area contributed by atoms with Crippen molar-refractivity contribution in [3.05, 3.63) is 0 Å². The lowest BCUT2D eigenvalue weighted by atomic mass is 10.4. The van der Waals surface area contributed by atoms with E-state index < -0.39 is 34.2 Å². The van der Waals surface area contributed by atoms with Crippen LogP contribution in [-0.2, 0) is 10.0 Å². The molecule has 1 atom stereocenters. The molecule has 0 rings (SSSR count). The van der Waals surface area contributed by atoms with Gasteiger partial charge < -0.3 is 5.73 Å². The van der Waals surface area contributed by atoms with Crippen molar-refractivity contribution in [2.75, 3.05) is 13.1 Å². The van der Waals surface area contributed by atoms with Gasteiger partial charge in [0.25, 0.3) is 0 Å². The Balaban J connectivity index is 4.40. The molecule has 92 valence electrons. The maximum atomic E-state index is 12.3. The lowest BCUT2D eigenvalue weighted by Gasteiger charge is -2.17. The van der Waals surface area contributed by atoms with E-state index in [2.05, 4.69) is 0 Å². The molecule has 0 radical (unpaired) electrons. The average molecular weight is 252 g/mol. The maximum Gasteiger partial charge on any atom is 0.320 e. The third-order valence-electron chi connectivity index (χ3n) is 1.69. The minimum Gasteiger partial charge on any atom is -0.329 e. The van der Waals surface area contributed by atoms with Crippen molar-refractivity contribution >= 4 is 10.0 Å². The van der Waals surface area contributed by atoms with Gasteiger partial charge >= 0.3 is 12.3 Å². The molecule has 0 bridgehead atoms. The van der Waals surface area contributed by atoms with Crippen molar-refractivity contribution in [3.8, 4) is 0 Å². The Morgan fingerprint density at radius 3 is 2.20 bits per heavy atom. The zero-order valence-electron chi connectivity index (χ0n) is 7.88. The fourth-order valence-electron chi connectivity index (χ4n) is 0.543. The first kappa shape index (κ1) is 14.6. The van der Waals surface area contributed by atoms with Crippen LogP contribution in [-0.4, -0.2) is 39.1 Å². The first-order chi connectivity index (χ1) is 6.63. The summed E-state index contributed by atoms with van der Waals surface area (Å²) in [7, 11) is -4.07. The van der Waals surface area contributed by atoms with Crippen LogP contribution in [0.4, 0.5) is 17.6 Å². The Morgan fingerprint density at radius 1 is 1.40 bits per heavy atom. The van der Waals surface area contributed by atoms with Crippen molar-refractivity contribution in [3.63, 3.8) is 0 Å². The molecule has 0 fully saturated rings. The van der Waals surface area contributed by atoms with Gasteiger partial charge in [-0.2, -0.15) is 8.78 Å². The smallest absolute Gasteiger partial charge is 0.320 e. The predicted octanol–water partition coefficient (Wildman–Crippen LogP) is 0.153. The van der Waals surface area contributed by atoms with E-state index in [4.69, 9.17) is 5.73 Å². The summed E-state index contributed by atoms with van der Waals surface area (Å²) in [4.78, 5) is 0. The number of rotatable bonds is 6. The standard InChI is InChI=1S/C6H12F4N2O2S/c1-4(2-11)15(13,14)12-3-6(9,10)5(7)8/h4-5,12H,2-3,11H2,1H3. The SMILES string of the molecule is CC(CN)S(=O)(=O)NCC(F)(F)C(F)F. The van der Waals surface area contributed by atoms with Crippen LogP contribution < -0.4 is 10.5 Å². The first-order valence-corrected chi connectivity index (χ1v) is 5.52. The molecule has 0 aromatic rings. The highest BCUT2D eigenvalue weighted by atomic mass is 32.2. The van der Waals surface area contributed by atoms with Crippen molar-refractivity contribution in [1.82, 2.24) is 4.72 Å². The minimum atomic E-state index is -4.37. The van der Waals surface area contributed by atoms with E-state index >= 15 is 0 Å². The second kappa shape index (κ2) is 5.08. The van der Waals surface area contributed by atoms with Gasteiger partial charge in [-0.15, -0.1) is 0 Å². The Labute approximate surface area is 84.9 Å². The molecule has 15 heavy (non-hydrogen) atoms. The van der Waals surface area contributed by atoms with Gasteiger partial charge in [0.15, 0.2) is 0 Å². The van der Waals surface area contributed by atoms with Crippen LogP contribution in [0.25, 0.3) is 0 Å². The largest absolute Gasteiger partial charge is 0.329 e. The molecule has 0 heterocycles. The molecular formula is C6H12F4N2O2S. The molecule has 0 saturated carbocycles. The van der Waals surface area contributed by atoms with E-state index in [1.165, 1.54) is 11.6 Å². The monoisotopic (exact) mass is 252 g/mol. The molecule has 0 aliphatic carbocycles. The highest BCUT2D eigenvalue weighted by molar-refractivity contribution is 7.90. The molecular weight excluding hydrogens is 240 g/mol. The highest BCUT2D eigenvalue weighted by Gasteiger charge is 2.41. The molecule has 4 nitrogen and oxygen atoms in total. The van der Waals surface area contributed by atoms with Crippen LogP contribution in [0.15, 0.2) is 0 Å². The van der Waals surface area contributed by atoms with Crippen molar-refractivity contribution < 1.29 is 26.0 Å². The Morgan fingerprint density at radius 2 is 1.87 bits per heavy atom. The van der Waals surface area contributed by atoms with Gasteiger partial charge in [0.1, 0.15) is 0 Å². The molecule has 1 unspecified atom stereocenters. The van der Waals surface area contributed by atoms with Crippen LogP contribution in [0.3, 0.4) is 0 Å². The zero-order chi connectivity index (χ0) is 12.3. The van der Waals surface area contributed by atoms with Crippen LogP contribution in [0.2, 0.25) is 0 Å². The summed E-state index contributed by atoms with van der Waals surface area (Å²) in [6, 6.07) is 0. The fourth-order valence-corrected chi connectivity index (χ4v) is 1.47. The van der Waals surface area contributed by atoms with Crippen molar-refractivity contribution in [1.29, 1.82) is 0 Å². The van der Waals surface area contributed by atoms with Crippen LogP contribution in [0.5, 0.6) is 0 Å². The summed E-state index contributed by atoms with van der Waals surface area (Å²) < 4.78 is 71.5. The topological polar surface area (TPSA) is 72.2 Å². The van der Waals surface area contributed by atoms with E-state index in [9.17, 15) is 26.0 Å². The quantitative estimate of drug-likeness (QED) is 0.661. The lowest BCUT2D eigenvalue weighted by Crippen LogP contribution is -2.45. The molecule has 0 saturated heterocycles. The molecule has 0 amide bonds. The summed E-state index contributed by atoms with van der Waals surface area (Å²) in [6.45, 7) is -0.726. The third-order valence-corrected chi connectivity index (χ3v) is 3.49. The van der Waals surface area contributed by atoms with Gasteiger partial charge in [0.2, 0.25) is 10.0 Å². The van der Waals surface area contributed by atoms with E-state index in [1.807, 2.05) is 0 Å². The number of hydrogen-bond acceptors (Lipinski definition) is 3. The van der Waals surface area contributed by atoms with Gasteiger partial charge in [0, 0.05) is 6.54 Å². The summed E-state index contributed by atoms with van der Waals surface area (Å²) in [5.74, 6) is -4.37. The molecule has 0 aliphatic heterocycles. The number of nitrogens with two attached hydrogens (primary N) is 1. The number of hydrogen-bond donors (Lipinski definition) is 2. The average Bonchev–Trinajstić information content (AvgIpc) is 2.13. The fraction of sp³-hybridized carbons (Fsp3) is 1.00. The number of sulfonamides is 1. The predicted molar refractivity (Wildman–Crippen MR) is 46.4 cm³/mol. The summed E-state index contributed by atoms with van der Waals surface area (Å²) in [5.41, 5.74) is 5.00. The van der Waals surface area contributed by atoms with E-state index in [-0.39, 0.29) is 6.54 Å². The van der Waals surface area contributed by atoms with Gasteiger partial charge in [-0.1, -0.05) is 0 Å². The second-order valence-corrected chi connectivity index (χ2v) is 5.16. The Hall–Kier alpha value is -0.410. The summed E-state index contributed by atoms with van der Waals surface area (Å²) in [5, 5.41) is -1.11. The van der Waals surface area contributed by atoms with E-state index in [1.54, 1.807) is 0 Å². The summed E-state index contributed by atoms with van der Waals surface area (Å²) >= 11 is 0. The highest BCUT2D eigenvalue weighted by Crippen LogP contribution is 2.21. The van der Waals surface area contributed by atoms with Crippen molar-refractivity contribution in [2.45, 2.75) is 24.5 Å². The lowest BCUT2D eigenvalue weighted by molar-refractivity contribution is -0.122. The van der Waals surface area contributed by atoms with Gasteiger partial charge in [-0.25, -0.2) is 21.9 Å².